The minimum absolute atomic E-state index is 0.482. The molecule has 1 amide bonds. The van der Waals surface area contributed by atoms with Crippen molar-refractivity contribution in [3.05, 3.63) is 23.5 Å². The third-order valence-corrected chi connectivity index (χ3v) is 2.18. The topological polar surface area (TPSA) is 64.6 Å². The van der Waals surface area contributed by atoms with E-state index in [4.69, 9.17) is 5.11 Å². The highest BCUT2D eigenvalue weighted by atomic mass is 16.4. The lowest BCUT2D eigenvalue weighted by Gasteiger charge is -2.27. The Bertz CT molecular complexity index is 296. The van der Waals surface area contributed by atoms with Gasteiger partial charge in [0.05, 0.1) is 12.2 Å². The molecule has 0 fully saturated rings. The molecule has 5 nitrogen and oxygen atoms in total. The van der Waals surface area contributed by atoms with E-state index < -0.39 is 6.09 Å². The van der Waals surface area contributed by atoms with Crippen molar-refractivity contribution in [1.82, 2.24) is 15.8 Å². The van der Waals surface area contributed by atoms with Crippen molar-refractivity contribution >= 4 is 6.09 Å². The van der Waals surface area contributed by atoms with Crippen LogP contribution in [-0.2, 0) is 0 Å². The maximum atomic E-state index is 10.6. The van der Waals surface area contributed by atoms with E-state index in [9.17, 15) is 4.79 Å². The Morgan fingerprint density at radius 1 is 1.62 bits per heavy atom. The smallest absolute Gasteiger partial charge is 0.411 e. The Kier molecular flexibility index (Phi) is 1.94. The normalized spacial score (nSPS) is 21.1. The first-order valence-electron chi connectivity index (χ1n) is 4.16. The van der Waals surface area contributed by atoms with Gasteiger partial charge in [0.15, 0.2) is 0 Å². The summed E-state index contributed by atoms with van der Waals surface area (Å²) >= 11 is 0. The predicted molar refractivity (Wildman–Crippen MR) is 46.7 cm³/mol. The Hall–Kier alpha value is -1.49. The Morgan fingerprint density at radius 3 is 3.23 bits per heavy atom. The quantitative estimate of drug-likeness (QED) is 0.501. The van der Waals surface area contributed by atoms with E-state index in [-0.39, 0.29) is 0 Å². The highest BCUT2D eigenvalue weighted by Crippen LogP contribution is 2.17. The summed E-state index contributed by atoms with van der Waals surface area (Å²) in [6, 6.07) is 0. The van der Waals surface area contributed by atoms with Crippen LogP contribution in [-0.4, -0.2) is 29.2 Å². The predicted octanol–water partition coefficient (Wildman–Crippen LogP) is 0.246. The van der Waals surface area contributed by atoms with Crippen LogP contribution in [0.15, 0.2) is 23.5 Å². The fourth-order valence-corrected chi connectivity index (χ4v) is 1.47. The molecule has 3 N–H and O–H groups in total. The molecule has 2 rings (SSSR count). The molecule has 13 heavy (non-hydrogen) atoms. The summed E-state index contributed by atoms with van der Waals surface area (Å²) in [7, 11) is 0. The SMILES string of the molecule is O=C(O)N1C=CC2=C(CCNN2)C1. The molecule has 0 atom stereocenters. The van der Waals surface area contributed by atoms with E-state index in [1.54, 1.807) is 12.3 Å². The fourth-order valence-electron chi connectivity index (χ4n) is 1.47. The zero-order valence-electron chi connectivity index (χ0n) is 7.08. The van der Waals surface area contributed by atoms with E-state index in [0.29, 0.717) is 6.54 Å². The zero-order chi connectivity index (χ0) is 9.26. The van der Waals surface area contributed by atoms with Gasteiger partial charge in [0.1, 0.15) is 0 Å². The second-order valence-electron chi connectivity index (χ2n) is 3.05. The van der Waals surface area contributed by atoms with E-state index in [0.717, 1.165) is 24.2 Å². The number of nitrogens with one attached hydrogen (secondary N) is 2. The molecule has 5 heteroatoms. The van der Waals surface area contributed by atoms with Gasteiger partial charge in [-0.15, -0.1) is 0 Å². The van der Waals surface area contributed by atoms with Crippen LogP contribution in [0.2, 0.25) is 0 Å². The second-order valence-corrected chi connectivity index (χ2v) is 3.05. The first kappa shape index (κ1) is 8.12. The molecule has 2 aliphatic rings. The van der Waals surface area contributed by atoms with Gasteiger partial charge < -0.3 is 10.5 Å². The number of hydrogen-bond donors (Lipinski definition) is 3. The molecule has 0 saturated heterocycles. The van der Waals surface area contributed by atoms with Gasteiger partial charge in [0, 0.05) is 12.7 Å². The van der Waals surface area contributed by atoms with Crippen molar-refractivity contribution in [3.8, 4) is 0 Å². The lowest BCUT2D eigenvalue weighted by atomic mass is 10.1. The maximum Gasteiger partial charge on any atom is 0.411 e. The molecular formula is C8H11N3O2. The molecule has 2 heterocycles. The van der Waals surface area contributed by atoms with Crippen LogP contribution in [0.1, 0.15) is 6.42 Å². The monoisotopic (exact) mass is 181 g/mol. The highest BCUT2D eigenvalue weighted by Gasteiger charge is 2.19. The first-order chi connectivity index (χ1) is 6.27. The molecule has 70 valence electrons. The Balaban J connectivity index is 2.15. The summed E-state index contributed by atoms with van der Waals surface area (Å²) in [4.78, 5) is 11.9. The molecule has 0 aromatic rings. The third-order valence-electron chi connectivity index (χ3n) is 2.18. The zero-order valence-corrected chi connectivity index (χ0v) is 7.08. The number of amides is 1. The number of carbonyl (C=O) groups is 1. The molecule has 0 radical (unpaired) electrons. The summed E-state index contributed by atoms with van der Waals surface area (Å²) in [6.45, 7) is 1.33. The van der Waals surface area contributed by atoms with Crippen LogP contribution in [0.3, 0.4) is 0 Å². The van der Waals surface area contributed by atoms with Crippen molar-refractivity contribution in [1.29, 1.82) is 0 Å². The summed E-state index contributed by atoms with van der Waals surface area (Å²) in [5.74, 6) is 0. The van der Waals surface area contributed by atoms with Gasteiger partial charge in [0.25, 0.3) is 0 Å². The van der Waals surface area contributed by atoms with Crippen LogP contribution < -0.4 is 10.9 Å². The van der Waals surface area contributed by atoms with E-state index in [2.05, 4.69) is 10.9 Å². The van der Waals surface area contributed by atoms with Crippen molar-refractivity contribution in [2.24, 2.45) is 0 Å². The van der Waals surface area contributed by atoms with Crippen molar-refractivity contribution < 1.29 is 9.90 Å². The van der Waals surface area contributed by atoms with Crippen LogP contribution in [0.25, 0.3) is 0 Å². The van der Waals surface area contributed by atoms with Crippen molar-refractivity contribution in [2.75, 3.05) is 13.1 Å². The van der Waals surface area contributed by atoms with Gasteiger partial charge in [0.2, 0.25) is 0 Å². The summed E-state index contributed by atoms with van der Waals surface area (Å²) in [5, 5.41) is 8.74. The maximum absolute atomic E-state index is 10.6. The Morgan fingerprint density at radius 2 is 2.46 bits per heavy atom. The number of rotatable bonds is 0. The summed E-state index contributed by atoms with van der Waals surface area (Å²) in [5.41, 5.74) is 8.15. The molecule has 0 aromatic heterocycles. The molecule has 2 aliphatic heterocycles. The average molecular weight is 181 g/mol. The van der Waals surface area contributed by atoms with Crippen LogP contribution in [0.5, 0.6) is 0 Å². The first-order valence-corrected chi connectivity index (χ1v) is 4.16. The minimum Gasteiger partial charge on any atom is -0.465 e. The fraction of sp³-hybridized carbons (Fsp3) is 0.375. The molecule has 0 saturated carbocycles. The lowest BCUT2D eigenvalue weighted by Crippen LogP contribution is -2.41. The van der Waals surface area contributed by atoms with Crippen LogP contribution >= 0.6 is 0 Å². The summed E-state index contributed by atoms with van der Waals surface area (Å²) in [6.07, 6.45) is 3.35. The van der Waals surface area contributed by atoms with Gasteiger partial charge in [-0.05, 0) is 18.1 Å². The molecule has 0 unspecified atom stereocenters. The lowest BCUT2D eigenvalue weighted by molar-refractivity contribution is 0.164. The molecule has 0 bridgehead atoms. The number of carboxylic acid groups (broad SMARTS) is 1. The van der Waals surface area contributed by atoms with E-state index >= 15 is 0 Å². The van der Waals surface area contributed by atoms with Gasteiger partial charge in [-0.1, -0.05) is 0 Å². The van der Waals surface area contributed by atoms with Gasteiger partial charge in [-0.3, -0.25) is 4.90 Å². The number of nitrogens with zero attached hydrogens (tertiary/aromatic N) is 1. The standard InChI is InChI=1S/C8H11N3O2/c12-8(13)11-4-2-7-6(5-11)1-3-9-10-7/h2,4,9-10H,1,3,5H2,(H,12,13). The molecule has 0 aliphatic carbocycles. The van der Waals surface area contributed by atoms with Crippen LogP contribution in [0.4, 0.5) is 4.79 Å². The molecule has 0 spiro atoms. The molecule has 0 aromatic carbocycles. The van der Waals surface area contributed by atoms with Crippen molar-refractivity contribution in [2.45, 2.75) is 6.42 Å². The molecular weight excluding hydrogens is 170 g/mol. The van der Waals surface area contributed by atoms with Gasteiger partial charge in [-0.2, -0.15) is 0 Å². The third kappa shape index (κ3) is 1.50. The van der Waals surface area contributed by atoms with Gasteiger partial charge in [-0.25, -0.2) is 10.2 Å². The summed E-state index contributed by atoms with van der Waals surface area (Å²) < 4.78 is 0. The largest absolute Gasteiger partial charge is 0.465 e. The number of hydrogen-bond acceptors (Lipinski definition) is 3. The average Bonchev–Trinajstić information content (AvgIpc) is 2.17. The van der Waals surface area contributed by atoms with E-state index in [1.165, 1.54) is 4.90 Å². The second kappa shape index (κ2) is 3.10. The van der Waals surface area contributed by atoms with Crippen LogP contribution in [0, 0.1) is 0 Å². The number of allylic oxidation sites excluding steroid dienone is 1. The van der Waals surface area contributed by atoms with E-state index in [1.807, 2.05) is 0 Å². The van der Waals surface area contributed by atoms with Gasteiger partial charge >= 0.3 is 6.09 Å². The minimum atomic E-state index is -0.902. The van der Waals surface area contributed by atoms with Crippen molar-refractivity contribution in [3.63, 3.8) is 0 Å². The highest BCUT2D eigenvalue weighted by molar-refractivity contribution is 5.67. The Labute approximate surface area is 75.7 Å². The number of hydrazine groups is 1.